The molecule has 0 saturated carbocycles. The first-order valence-corrected chi connectivity index (χ1v) is 14.5. The summed E-state index contributed by atoms with van der Waals surface area (Å²) in [5.74, 6) is -2.47. The Morgan fingerprint density at radius 1 is 1.26 bits per heavy atom. The van der Waals surface area contributed by atoms with Crippen LogP contribution in [0.4, 0.5) is 0 Å². The van der Waals surface area contributed by atoms with Gasteiger partial charge in [0.1, 0.15) is 22.1 Å². The molecule has 0 spiro atoms. The SMILES string of the molecule is CCOC(=O)C(C(=O)NC1C(=O)N2C(C(=O)O)=C(CSc3nnc(C)s3)CSC12)n1ccc2ccccc21.[NaH]. The van der Waals surface area contributed by atoms with Gasteiger partial charge in [-0.2, -0.15) is 0 Å². The molecule has 1 aromatic carbocycles. The van der Waals surface area contributed by atoms with Crippen LogP contribution >= 0.6 is 34.9 Å². The Bertz CT molecular complexity index is 1470. The molecule has 200 valence electrons. The minimum atomic E-state index is -1.35. The number of nitrogens with zero attached hydrogens (tertiary/aromatic N) is 4. The zero-order valence-corrected chi connectivity index (χ0v) is 22.8. The number of β-lactam (4-membered cyclic amide) rings is 1. The quantitative estimate of drug-likeness (QED) is 0.123. The van der Waals surface area contributed by atoms with Crippen molar-refractivity contribution in [2.24, 2.45) is 0 Å². The summed E-state index contributed by atoms with van der Waals surface area (Å²) >= 11 is 4.15. The average Bonchev–Trinajstić information content (AvgIpc) is 3.51. The molecule has 1 saturated heterocycles. The normalized spacial score (nSPS) is 19.1. The third-order valence-electron chi connectivity index (χ3n) is 6.09. The van der Waals surface area contributed by atoms with Crippen molar-refractivity contribution >= 4 is 99.1 Å². The molecule has 2 aliphatic heterocycles. The topological polar surface area (TPSA) is 144 Å². The molecule has 5 rings (SSSR count). The van der Waals surface area contributed by atoms with Crippen molar-refractivity contribution in [1.82, 2.24) is 25.0 Å². The minimum absolute atomic E-state index is 0. The fraction of sp³-hybridized carbons (Fsp3) is 0.333. The predicted octanol–water partition coefficient (Wildman–Crippen LogP) is 1.79. The summed E-state index contributed by atoms with van der Waals surface area (Å²) in [7, 11) is 0. The number of benzene rings is 1. The van der Waals surface area contributed by atoms with Crippen molar-refractivity contribution < 1.29 is 29.0 Å². The number of nitrogens with one attached hydrogen (secondary N) is 1. The van der Waals surface area contributed by atoms with Crippen molar-refractivity contribution in [3.8, 4) is 0 Å². The first-order chi connectivity index (χ1) is 18.3. The Morgan fingerprint density at radius 3 is 2.72 bits per heavy atom. The molecule has 2 N–H and O–H groups in total. The summed E-state index contributed by atoms with van der Waals surface area (Å²) in [5, 5.41) is 21.7. The van der Waals surface area contributed by atoms with E-state index in [4.69, 9.17) is 4.74 Å². The third kappa shape index (κ3) is 5.77. The van der Waals surface area contributed by atoms with Gasteiger partial charge < -0.3 is 19.7 Å². The van der Waals surface area contributed by atoms with E-state index in [-0.39, 0.29) is 41.9 Å². The molecular formula is C24H24N5NaO6S3. The molecule has 3 atom stereocenters. The fourth-order valence-corrected chi connectivity index (χ4v) is 7.71. The number of aliphatic carboxylic acids is 1. The molecule has 39 heavy (non-hydrogen) atoms. The van der Waals surface area contributed by atoms with Crippen LogP contribution < -0.4 is 5.32 Å². The molecule has 4 heterocycles. The molecule has 11 nitrogen and oxygen atoms in total. The number of carboxylic acid groups (broad SMARTS) is 1. The number of aromatic nitrogens is 3. The Hall–Kier alpha value is -2.36. The van der Waals surface area contributed by atoms with E-state index in [2.05, 4.69) is 15.5 Å². The first kappa shape index (κ1) is 29.6. The van der Waals surface area contributed by atoms with E-state index < -0.39 is 41.2 Å². The van der Waals surface area contributed by atoms with Gasteiger partial charge in [-0.25, -0.2) is 9.59 Å². The molecule has 3 unspecified atom stereocenters. The molecule has 3 aromatic rings. The second-order valence-corrected chi connectivity index (χ2v) is 12.0. The predicted molar refractivity (Wildman–Crippen MR) is 150 cm³/mol. The third-order valence-corrected chi connectivity index (χ3v) is 9.49. The van der Waals surface area contributed by atoms with Gasteiger partial charge in [-0.05, 0) is 36.9 Å². The summed E-state index contributed by atoms with van der Waals surface area (Å²) in [6.45, 7) is 3.57. The molecular weight excluding hydrogens is 573 g/mol. The fourth-order valence-electron chi connectivity index (χ4n) is 4.41. The van der Waals surface area contributed by atoms with E-state index in [0.717, 1.165) is 14.7 Å². The van der Waals surface area contributed by atoms with Gasteiger partial charge in [0.2, 0.25) is 6.04 Å². The molecule has 2 amide bonds. The van der Waals surface area contributed by atoms with Crippen molar-refractivity contribution in [3.05, 3.63) is 52.8 Å². The van der Waals surface area contributed by atoms with Gasteiger partial charge in [0.15, 0.2) is 4.34 Å². The van der Waals surface area contributed by atoms with E-state index in [0.29, 0.717) is 22.6 Å². The number of thioether (sulfide) groups is 2. The second kappa shape index (κ2) is 12.4. The maximum absolute atomic E-state index is 13.4. The van der Waals surface area contributed by atoms with E-state index in [1.165, 1.54) is 44.3 Å². The molecule has 1 fully saturated rings. The molecule has 2 aliphatic rings. The van der Waals surface area contributed by atoms with Gasteiger partial charge in [0, 0.05) is 23.2 Å². The van der Waals surface area contributed by atoms with Gasteiger partial charge in [-0.15, -0.1) is 22.0 Å². The number of fused-ring (bicyclic) bond motifs is 2. The number of rotatable bonds is 9. The summed E-state index contributed by atoms with van der Waals surface area (Å²) < 4.78 is 7.41. The van der Waals surface area contributed by atoms with Crippen molar-refractivity contribution in [3.63, 3.8) is 0 Å². The Kier molecular flexibility index (Phi) is 9.45. The molecule has 2 aromatic heterocycles. The van der Waals surface area contributed by atoms with Crippen LogP contribution in [0.3, 0.4) is 0 Å². The van der Waals surface area contributed by atoms with Crippen molar-refractivity contribution in [2.45, 2.75) is 35.6 Å². The average molecular weight is 598 g/mol. The number of aryl methyl sites for hydroxylation is 1. The van der Waals surface area contributed by atoms with Crippen LogP contribution in [0.5, 0.6) is 0 Å². The number of carbonyl (C=O) groups is 4. The van der Waals surface area contributed by atoms with E-state index in [1.54, 1.807) is 31.3 Å². The van der Waals surface area contributed by atoms with E-state index in [1.807, 2.05) is 19.1 Å². The summed E-state index contributed by atoms with van der Waals surface area (Å²) in [6, 6.07) is 6.77. The summed E-state index contributed by atoms with van der Waals surface area (Å²) in [4.78, 5) is 52.8. The van der Waals surface area contributed by atoms with Crippen LogP contribution in [0, 0.1) is 6.92 Å². The van der Waals surface area contributed by atoms with Gasteiger partial charge >= 0.3 is 41.5 Å². The number of carboxylic acids is 1. The van der Waals surface area contributed by atoms with Crippen LogP contribution in [-0.4, -0.2) is 108 Å². The van der Waals surface area contributed by atoms with Gasteiger partial charge in [-0.1, -0.05) is 41.3 Å². The molecule has 0 bridgehead atoms. The molecule has 15 heteroatoms. The Balaban J connectivity index is 0.00000353. The van der Waals surface area contributed by atoms with Crippen LogP contribution in [0.15, 0.2) is 52.1 Å². The Labute approximate surface area is 258 Å². The number of esters is 1. The zero-order valence-electron chi connectivity index (χ0n) is 20.3. The van der Waals surface area contributed by atoms with Gasteiger partial charge in [0.25, 0.3) is 11.8 Å². The van der Waals surface area contributed by atoms with Crippen LogP contribution in [0.1, 0.15) is 18.0 Å². The maximum atomic E-state index is 13.4. The second-order valence-electron chi connectivity index (χ2n) is 8.47. The monoisotopic (exact) mass is 597 g/mol. The number of hydrogen-bond donors (Lipinski definition) is 2. The van der Waals surface area contributed by atoms with Gasteiger partial charge in [-0.3, -0.25) is 14.5 Å². The van der Waals surface area contributed by atoms with Crippen molar-refractivity contribution in [2.75, 3.05) is 18.1 Å². The van der Waals surface area contributed by atoms with Crippen LogP contribution in [0.25, 0.3) is 10.9 Å². The number of ether oxygens (including phenoxy) is 1. The number of para-hydroxylation sites is 1. The van der Waals surface area contributed by atoms with Crippen LogP contribution in [0.2, 0.25) is 0 Å². The van der Waals surface area contributed by atoms with Crippen LogP contribution in [-0.2, 0) is 23.9 Å². The van der Waals surface area contributed by atoms with Gasteiger partial charge in [0.05, 0.1) is 6.61 Å². The standard InChI is InChI=1S/C24H23N5O6S3.Na.H/c1-3-35-23(34)18(28-9-8-13-6-4-5-7-15(13)28)19(30)25-16-20(31)29-17(22(32)33)14(10-36-21(16)29)11-37-24-27-26-12(2)38-24;;/h4-9,16,18,21H,3,10-11H2,1-2H3,(H,25,30)(H,32,33);;. The first-order valence-electron chi connectivity index (χ1n) is 11.7. The van der Waals surface area contributed by atoms with Crippen molar-refractivity contribution in [1.29, 1.82) is 0 Å². The number of amides is 2. The molecule has 0 aliphatic carbocycles. The summed E-state index contributed by atoms with van der Waals surface area (Å²) in [6.07, 6.45) is 1.63. The number of hydrogen-bond acceptors (Lipinski definition) is 10. The Morgan fingerprint density at radius 2 is 2.03 bits per heavy atom. The zero-order chi connectivity index (χ0) is 27.0. The van der Waals surface area contributed by atoms with E-state index in [9.17, 15) is 24.3 Å². The van der Waals surface area contributed by atoms with E-state index >= 15 is 0 Å². The number of carbonyl (C=O) groups excluding carboxylic acids is 3. The summed E-state index contributed by atoms with van der Waals surface area (Å²) in [5.41, 5.74) is 1.19. The molecule has 0 radical (unpaired) electrons.